The van der Waals surface area contributed by atoms with Gasteiger partial charge in [-0.3, -0.25) is 0 Å². The Morgan fingerprint density at radius 2 is 1.14 bits per heavy atom. The zero-order valence-electron chi connectivity index (χ0n) is 12.6. The molecule has 0 saturated heterocycles. The quantitative estimate of drug-likeness (QED) is 0.303. The fraction of sp³-hybridized carbons (Fsp3) is 0.571. The molecule has 0 aromatic heterocycles. The maximum atomic E-state index is 11.4. The highest BCUT2D eigenvalue weighted by Gasteiger charge is 2.36. The average molecular weight is 318 g/mol. The maximum absolute atomic E-state index is 11.4. The Labute approximate surface area is 128 Å². The van der Waals surface area contributed by atoms with Gasteiger partial charge in [0.15, 0.2) is 12.2 Å². The van der Waals surface area contributed by atoms with E-state index < -0.39 is 49.6 Å². The van der Waals surface area contributed by atoms with Crippen molar-refractivity contribution in [3.8, 4) is 0 Å². The van der Waals surface area contributed by atoms with Crippen LogP contribution in [0.3, 0.4) is 0 Å². The number of aliphatic hydroxyl groups excluding tert-OH is 4. The molecule has 0 aromatic rings. The zero-order valence-corrected chi connectivity index (χ0v) is 12.6. The van der Waals surface area contributed by atoms with Crippen molar-refractivity contribution in [1.29, 1.82) is 0 Å². The third-order valence-corrected chi connectivity index (χ3v) is 2.69. The lowest BCUT2D eigenvalue weighted by Gasteiger charge is -2.29. The van der Waals surface area contributed by atoms with Crippen LogP contribution in [0.4, 0.5) is 0 Å². The van der Waals surface area contributed by atoms with Gasteiger partial charge in [0.2, 0.25) is 0 Å². The number of rotatable bonds is 9. The minimum Gasteiger partial charge on any atom is -0.454 e. The Morgan fingerprint density at radius 1 is 0.864 bits per heavy atom. The van der Waals surface area contributed by atoms with Gasteiger partial charge in [-0.25, -0.2) is 9.59 Å². The second-order valence-corrected chi connectivity index (χ2v) is 4.79. The third kappa shape index (κ3) is 5.94. The largest absolute Gasteiger partial charge is 0.454 e. The summed E-state index contributed by atoms with van der Waals surface area (Å²) in [6, 6.07) is 0. The molecular formula is C14H22O8. The molecule has 8 nitrogen and oxygen atoms in total. The first-order valence-corrected chi connectivity index (χ1v) is 6.46. The lowest BCUT2D eigenvalue weighted by atomic mass is 10.0. The van der Waals surface area contributed by atoms with Gasteiger partial charge >= 0.3 is 11.9 Å². The molecule has 0 bridgehead atoms. The average Bonchev–Trinajstić information content (AvgIpc) is 2.47. The highest BCUT2D eigenvalue weighted by atomic mass is 16.6. The van der Waals surface area contributed by atoms with E-state index in [1.165, 1.54) is 13.8 Å². The third-order valence-electron chi connectivity index (χ3n) is 2.69. The van der Waals surface area contributed by atoms with E-state index in [-0.39, 0.29) is 11.1 Å². The van der Waals surface area contributed by atoms with Crippen molar-refractivity contribution in [1.82, 2.24) is 0 Å². The molecule has 22 heavy (non-hydrogen) atoms. The highest BCUT2D eigenvalue weighted by molar-refractivity contribution is 5.87. The molecule has 0 spiro atoms. The van der Waals surface area contributed by atoms with Crippen LogP contribution in [-0.2, 0) is 19.1 Å². The van der Waals surface area contributed by atoms with Crippen molar-refractivity contribution >= 4 is 11.9 Å². The second-order valence-electron chi connectivity index (χ2n) is 4.79. The van der Waals surface area contributed by atoms with Crippen molar-refractivity contribution in [2.45, 2.75) is 38.3 Å². The molecule has 0 aliphatic rings. The molecule has 4 N–H and O–H groups in total. The van der Waals surface area contributed by atoms with Gasteiger partial charge in [-0.05, 0) is 13.8 Å². The van der Waals surface area contributed by atoms with Crippen molar-refractivity contribution in [3.63, 3.8) is 0 Å². The number of ether oxygens (including phenoxy) is 2. The first kappa shape index (κ1) is 20.3. The molecule has 0 heterocycles. The van der Waals surface area contributed by atoms with Crippen LogP contribution in [0, 0.1) is 0 Å². The van der Waals surface area contributed by atoms with E-state index in [9.17, 15) is 19.8 Å². The first-order chi connectivity index (χ1) is 10.1. The van der Waals surface area contributed by atoms with Gasteiger partial charge in [-0.15, -0.1) is 0 Å². The SMILES string of the molecule is C=C(C)C(=O)OC(CO)C(O)C(O)C(CO)OC(=O)C(=C)C. The number of esters is 2. The maximum Gasteiger partial charge on any atom is 0.333 e. The Balaban J connectivity index is 4.92. The van der Waals surface area contributed by atoms with Gasteiger partial charge in [0, 0.05) is 11.1 Å². The second kappa shape index (κ2) is 9.31. The summed E-state index contributed by atoms with van der Waals surface area (Å²) in [5.41, 5.74) is 0.0696. The number of hydrogen-bond acceptors (Lipinski definition) is 8. The molecular weight excluding hydrogens is 296 g/mol. The Morgan fingerprint density at radius 3 is 1.32 bits per heavy atom. The lowest BCUT2D eigenvalue weighted by Crippen LogP contribution is -2.50. The minimum atomic E-state index is -1.79. The molecule has 4 unspecified atom stereocenters. The molecule has 4 atom stereocenters. The number of carbonyl (C=O) groups excluding carboxylic acids is 2. The smallest absolute Gasteiger partial charge is 0.333 e. The summed E-state index contributed by atoms with van der Waals surface area (Å²) in [6.45, 7) is 7.83. The van der Waals surface area contributed by atoms with Crippen molar-refractivity contribution < 1.29 is 39.5 Å². The molecule has 0 aliphatic carbocycles. The van der Waals surface area contributed by atoms with Crippen LogP contribution in [0.25, 0.3) is 0 Å². The van der Waals surface area contributed by atoms with Gasteiger partial charge in [0.1, 0.15) is 12.2 Å². The van der Waals surface area contributed by atoms with Gasteiger partial charge in [0.25, 0.3) is 0 Å². The van der Waals surface area contributed by atoms with Gasteiger partial charge in [0.05, 0.1) is 13.2 Å². The molecule has 0 saturated carbocycles. The van der Waals surface area contributed by atoms with Gasteiger partial charge in [-0.1, -0.05) is 13.2 Å². The number of aliphatic hydroxyl groups is 4. The van der Waals surface area contributed by atoms with Crippen molar-refractivity contribution in [2.24, 2.45) is 0 Å². The lowest BCUT2D eigenvalue weighted by molar-refractivity contribution is -0.177. The normalized spacial score (nSPS) is 16.1. The molecule has 8 heteroatoms. The predicted octanol–water partition coefficient (Wildman–Crippen LogP) is -1.33. The van der Waals surface area contributed by atoms with Gasteiger partial charge < -0.3 is 29.9 Å². The highest BCUT2D eigenvalue weighted by Crippen LogP contribution is 2.13. The first-order valence-electron chi connectivity index (χ1n) is 6.46. The Hall–Kier alpha value is -1.74. The summed E-state index contributed by atoms with van der Waals surface area (Å²) < 4.78 is 9.51. The van der Waals surface area contributed by atoms with Crippen LogP contribution in [-0.4, -0.2) is 70.0 Å². The van der Waals surface area contributed by atoms with E-state index in [2.05, 4.69) is 13.2 Å². The molecule has 0 aromatic carbocycles. The Bertz CT molecular complexity index is 391. The fourth-order valence-corrected chi connectivity index (χ4v) is 1.35. The fourth-order valence-electron chi connectivity index (χ4n) is 1.35. The van der Waals surface area contributed by atoms with Crippen LogP contribution in [0.1, 0.15) is 13.8 Å². The molecule has 0 radical (unpaired) electrons. The van der Waals surface area contributed by atoms with E-state index in [1.54, 1.807) is 0 Å². The standard InChI is InChI=1S/C14H22O8/c1-7(2)13(19)21-9(5-15)11(17)12(18)10(6-16)22-14(20)8(3)4/h9-12,15-18H,1,3,5-6H2,2,4H3. The topological polar surface area (TPSA) is 134 Å². The van der Waals surface area contributed by atoms with Crippen LogP contribution in [0.15, 0.2) is 24.3 Å². The Kier molecular flexibility index (Phi) is 8.58. The minimum absolute atomic E-state index is 0.0348. The van der Waals surface area contributed by atoms with Crippen LogP contribution in [0.5, 0.6) is 0 Å². The summed E-state index contributed by atoms with van der Waals surface area (Å²) in [7, 11) is 0. The predicted molar refractivity (Wildman–Crippen MR) is 75.6 cm³/mol. The van der Waals surface area contributed by atoms with E-state index in [0.29, 0.717) is 0 Å². The van der Waals surface area contributed by atoms with E-state index >= 15 is 0 Å². The molecule has 0 amide bonds. The summed E-state index contributed by atoms with van der Waals surface area (Å²) in [6.07, 6.45) is -6.53. The summed E-state index contributed by atoms with van der Waals surface area (Å²) in [5.74, 6) is -1.74. The number of hydrogen-bond donors (Lipinski definition) is 4. The van der Waals surface area contributed by atoms with Crippen LogP contribution in [0.2, 0.25) is 0 Å². The summed E-state index contributed by atoms with van der Waals surface area (Å²) in [5, 5.41) is 38.1. The summed E-state index contributed by atoms with van der Waals surface area (Å²) in [4.78, 5) is 22.7. The zero-order chi connectivity index (χ0) is 17.4. The van der Waals surface area contributed by atoms with Crippen molar-refractivity contribution in [2.75, 3.05) is 13.2 Å². The summed E-state index contributed by atoms with van der Waals surface area (Å²) >= 11 is 0. The van der Waals surface area contributed by atoms with E-state index in [1.807, 2.05) is 0 Å². The van der Waals surface area contributed by atoms with Crippen molar-refractivity contribution in [3.05, 3.63) is 24.3 Å². The van der Waals surface area contributed by atoms with Crippen LogP contribution < -0.4 is 0 Å². The molecule has 0 rings (SSSR count). The molecule has 126 valence electrons. The van der Waals surface area contributed by atoms with Crippen LogP contribution >= 0.6 is 0 Å². The van der Waals surface area contributed by atoms with Gasteiger partial charge in [-0.2, -0.15) is 0 Å². The van der Waals surface area contributed by atoms with E-state index in [4.69, 9.17) is 19.7 Å². The number of carbonyl (C=O) groups is 2. The van der Waals surface area contributed by atoms with E-state index in [0.717, 1.165) is 0 Å². The molecule has 0 fully saturated rings. The monoisotopic (exact) mass is 318 g/mol. The molecule has 0 aliphatic heterocycles.